The minimum atomic E-state index is -0.395. The van der Waals surface area contributed by atoms with Crippen LogP contribution >= 0.6 is 34.2 Å². The molecule has 1 unspecified atom stereocenters. The van der Waals surface area contributed by atoms with Crippen molar-refractivity contribution in [3.8, 4) is 0 Å². The number of hydrogen-bond acceptors (Lipinski definition) is 4. The first-order valence-corrected chi connectivity index (χ1v) is 13.3. The molecule has 7 nitrogen and oxygen atoms in total. The maximum atomic E-state index is 14.7. The molecule has 3 aromatic rings. The predicted octanol–water partition coefficient (Wildman–Crippen LogP) is 4.95. The molecule has 184 valence electrons. The molecule has 1 atom stereocenters. The Hall–Kier alpha value is -2.66. The number of carbonyl (C=O) groups excluding carboxylic acids is 1. The molecule has 0 bridgehead atoms. The fraction of sp³-hybridized carbons (Fsp3) is 0.320. The number of halogens is 3. The van der Waals surface area contributed by atoms with Crippen LogP contribution in [-0.4, -0.2) is 50.7 Å². The SMILES string of the molecule is Cc1ccccc1C(=O)N1CCCC(CNC(/N=C(\N)c2c[nH]c3ncc(Cl)cc23)=C(\F)CI)C1. The summed E-state index contributed by atoms with van der Waals surface area (Å²) in [7, 11) is 0. The fourth-order valence-corrected chi connectivity index (χ4v) is 4.79. The van der Waals surface area contributed by atoms with Crippen LogP contribution in [0.3, 0.4) is 0 Å². The number of amidine groups is 1. The number of nitrogens with two attached hydrogens (primary N) is 1. The number of aliphatic imine (C=N–C) groups is 1. The lowest BCUT2D eigenvalue weighted by Gasteiger charge is -2.33. The average Bonchev–Trinajstić information content (AvgIpc) is 3.29. The highest BCUT2D eigenvalue weighted by molar-refractivity contribution is 14.1. The van der Waals surface area contributed by atoms with Gasteiger partial charge in [-0.2, -0.15) is 0 Å². The predicted molar refractivity (Wildman–Crippen MR) is 147 cm³/mol. The number of benzene rings is 1. The molecule has 1 amide bonds. The van der Waals surface area contributed by atoms with Crippen molar-refractivity contribution in [3.63, 3.8) is 0 Å². The number of likely N-dealkylation sites (tertiary alicyclic amines) is 1. The van der Waals surface area contributed by atoms with Gasteiger partial charge in [-0.1, -0.05) is 52.4 Å². The van der Waals surface area contributed by atoms with Crippen molar-refractivity contribution < 1.29 is 9.18 Å². The molecule has 4 rings (SSSR count). The maximum absolute atomic E-state index is 14.7. The highest BCUT2D eigenvalue weighted by Crippen LogP contribution is 2.22. The molecular weight excluding hydrogens is 582 g/mol. The van der Waals surface area contributed by atoms with Crippen LogP contribution in [0.25, 0.3) is 11.0 Å². The van der Waals surface area contributed by atoms with Crippen LogP contribution in [0.4, 0.5) is 4.39 Å². The topological polar surface area (TPSA) is 99.4 Å². The number of nitrogens with one attached hydrogen (secondary N) is 2. The molecule has 0 spiro atoms. The van der Waals surface area contributed by atoms with Crippen molar-refractivity contribution in [2.75, 3.05) is 24.1 Å². The van der Waals surface area contributed by atoms with Crippen molar-refractivity contribution >= 4 is 57.0 Å². The molecule has 1 aliphatic rings. The van der Waals surface area contributed by atoms with Crippen molar-refractivity contribution in [1.29, 1.82) is 0 Å². The van der Waals surface area contributed by atoms with Gasteiger partial charge in [-0.05, 0) is 43.4 Å². The first-order chi connectivity index (χ1) is 16.9. The Morgan fingerprint density at radius 2 is 2.20 bits per heavy atom. The average molecular weight is 609 g/mol. The number of H-pyrrole nitrogens is 1. The van der Waals surface area contributed by atoms with E-state index in [9.17, 15) is 9.18 Å². The summed E-state index contributed by atoms with van der Waals surface area (Å²) >= 11 is 8.03. The van der Waals surface area contributed by atoms with Gasteiger partial charge in [0.25, 0.3) is 5.91 Å². The number of fused-ring (bicyclic) bond motifs is 1. The lowest BCUT2D eigenvalue weighted by Crippen LogP contribution is -2.43. The van der Waals surface area contributed by atoms with Crippen molar-refractivity contribution in [3.05, 3.63) is 76.1 Å². The third-order valence-electron chi connectivity index (χ3n) is 6.12. The van der Waals surface area contributed by atoms with E-state index in [0.717, 1.165) is 30.5 Å². The second-order valence-corrected chi connectivity index (χ2v) is 9.79. The molecule has 0 aliphatic carbocycles. The summed E-state index contributed by atoms with van der Waals surface area (Å²) in [6, 6.07) is 9.36. The molecule has 10 heteroatoms. The maximum Gasteiger partial charge on any atom is 0.254 e. The van der Waals surface area contributed by atoms with E-state index in [1.54, 1.807) is 12.3 Å². The van der Waals surface area contributed by atoms with Gasteiger partial charge in [0.2, 0.25) is 0 Å². The molecular formula is C25H27ClFIN6O. The number of aromatic amines is 1. The molecule has 1 aromatic carbocycles. The number of aromatic nitrogens is 2. The summed E-state index contributed by atoms with van der Waals surface area (Å²) in [6.07, 6.45) is 5.06. The largest absolute Gasteiger partial charge is 0.383 e. The molecule has 0 radical (unpaired) electrons. The number of aryl methyl sites for hydroxylation is 1. The van der Waals surface area contributed by atoms with Crippen LogP contribution in [0.2, 0.25) is 5.02 Å². The van der Waals surface area contributed by atoms with Crippen molar-refractivity contribution in [2.24, 2.45) is 16.6 Å². The van der Waals surface area contributed by atoms with Crippen molar-refractivity contribution in [1.82, 2.24) is 20.2 Å². The monoisotopic (exact) mass is 608 g/mol. The summed E-state index contributed by atoms with van der Waals surface area (Å²) in [4.78, 5) is 26.6. The van der Waals surface area contributed by atoms with E-state index in [1.165, 1.54) is 6.20 Å². The summed E-state index contributed by atoms with van der Waals surface area (Å²) in [5, 5.41) is 4.33. The second-order valence-electron chi connectivity index (χ2n) is 8.59. The fourth-order valence-electron chi connectivity index (χ4n) is 4.27. The number of alkyl halides is 1. The Kier molecular flexibility index (Phi) is 8.27. The van der Waals surface area contributed by atoms with E-state index >= 15 is 0 Å². The third-order valence-corrected chi connectivity index (χ3v) is 7.00. The normalized spacial score (nSPS) is 17.4. The van der Waals surface area contributed by atoms with Crippen LogP contribution < -0.4 is 11.1 Å². The van der Waals surface area contributed by atoms with Gasteiger partial charge in [-0.3, -0.25) is 4.79 Å². The Balaban J connectivity index is 1.47. The Bertz CT molecular complexity index is 1290. The minimum Gasteiger partial charge on any atom is -0.383 e. The lowest BCUT2D eigenvalue weighted by atomic mass is 9.96. The molecule has 1 saturated heterocycles. The highest BCUT2D eigenvalue weighted by Gasteiger charge is 2.25. The second kappa shape index (κ2) is 11.4. The number of pyridine rings is 1. The van der Waals surface area contributed by atoms with E-state index in [1.807, 2.05) is 58.7 Å². The van der Waals surface area contributed by atoms with Gasteiger partial charge in [-0.25, -0.2) is 14.4 Å². The number of piperidine rings is 1. The van der Waals surface area contributed by atoms with Crippen LogP contribution in [-0.2, 0) is 0 Å². The molecule has 35 heavy (non-hydrogen) atoms. The molecule has 1 fully saturated rings. The van der Waals surface area contributed by atoms with Gasteiger partial charge in [-0.15, -0.1) is 0 Å². The standard InChI is InChI=1S/C25H27ClFIN6O/c1-15-5-2-3-7-18(15)25(35)34-8-4-6-16(14-34)11-30-24(21(27)10-28)33-22(29)20-13-32-23-19(20)9-17(26)12-31-23/h2-3,5,7,9,12-13,16,30H,4,6,8,10-11,14H2,1H3,(H2,29,33)(H,31,32)/b24-21+. The Morgan fingerprint density at radius 1 is 1.40 bits per heavy atom. The third kappa shape index (κ3) is 5.95. The summed E-state index contributed by atoms with van der Waals surface area (Å²) in [5.41, 5.74) is 9.17. The molecule has 4 N–H and O–H groups in total. The Labute approximate surface area is 222 Å². The number of hydrogen-bond donors (Lipinski definition) is 3. The minimum absolute atomic E-state index is 0.0379. The summed E-state index contributed by atoms with van der Waals surface area (Å²) in [6.45, 7) is 3.75. The zero-order chi connectivity index (χ0) is 24.9. The number of carbonyl (C=O) groups is 1. The Morgan fingerprint density at radius 3 is 2.97 bits per heavy atom. The molecule has 0 saturated carbocycles. The van der Waals surface area contributed by atoms with E-state index in [0.29, 0.717) is 34.7 Å². The molecule has 3 heterocycles. The van der Waals surface area contributed by atoms with Gasteiger partial charge >= 0.3 is 0 Å². The van der Waals surface area contributed by atoms with E-state index in [-0.39, 0.29) is 27.9 Å². The zero-order valence-corrected chi connectivity index (χ0v) is 22.2. The van der Waals surface area contributed by atoms with Gasteiger partial charge < -0.3 is 20.9 Å². The first-order valence-electron chi connectivity index (χ1n) is 11.4. The number of amides is 1. The lowest BCUT2D eigenvalue weighted by molar-refractivity contribution is 0.0673. The summed E-state index contributed by atoms with van der Waals surface area (Å²) < 4.78 is 14.9. The summed E-state index contributed by atoms with van der Waals surface area (Å²) in [5.74, 6) is 0.0664. The number of nitrogens with zero attached hydrogens (tertiary/aromatic N) is 3. The quantitative estimate of drug-likeness (QED) is 0.153. The van der Waals surface area contributed by atoms with E-state index in [4.69, 9.17) is 17.3 Å². The highest BCUT2D eigenvalue weighted by atomic mass is 127. The van der Waals surface area contributed by atoms with Crippen LogP contribution in [0, 0.1) is 12.8 Å². The van der Waals surface area contributed by atoms with E-state index in [2.05, 4.69) is 20.3 Å². The van der Waals surface area contributed by atoms with Crippen LogP contribution in [0.15, 0.2) is 59.4 Å². The van der Waals surface area contributed by atoms with Crippen LogP contribution in [0.1, 0.15) is 34.3 Å². The molecule has 2 aromatic heterocycles. The van der Waals surface area contributed by atoms with Gasteiger partial charge in [0.1, 0.15) is 11.5 Å². The van der Waals surface area contributed by atoms with Gasteiger partial charge in [0.05, 0.1) is 9.45 Å². The van der Waals surface area contributed by atoms with Gasteiger partial charge in [0, 0.05) is 48.5 Å². The first kappa shape index (κ1) is 25.4. The number of allylic oxidation sites excluding steroid dienone is 1. The van der Waals surface area contributed by atoms with Crippen LogP contribution in [0.5, 0.6) is 0 Å². The number of rotatable bonds is 7. The molecule has 1 aliphatic heterocycles. The van der Waals surface area contributed by atoms with E-state index < -0.39 is 5.83 Å². The smallest absolute Gasteiger partial charge is 0.254 e. The zero-order valence-electron chi connectivity index (χ0n) is 19.3. The van der Waals surface area contributed by atoms with Crippen molar-refractivity contribution in [2.45, 2.75) is 19.8 Å². The van der Waals surface area contributed by atoms with Gasteiger partial charge in [0.15, 0.2) is 11.6 Å².